The summed E-state index contributed by atoms with van der Waals surface area (Å²) in [5.41, 5.74) is 0.673. The first-order valence-corrected chi connectivity index (χ1v) is 8.65. The smallest absolute Gasteiger partial charge is 0.240 e. The van der Waals surface area contributed by atoms with Gasteiger partial charge in [-0.3, -0.25) is 0 Å². The summed E-state index contributed by atoms with van der Waals surface area (Å²) >= 11 is 5.90. The van der Waals surface area contributed by atoms with E-state index in [9.17, 15) is 8.42 Å². The van der Waals surface area contributed by atoms with E-state index in [1.165, 1.54) is 6.07 Å². The minimum atomic E-state index is -3.51. The van der Waals surface area contributed by atoms with Crippen molar-refractivity contribution >= 4 is 34.0 Å². The van der Waals surface area contributed by atoms with Gasteiger partial charge in [0.25, 0.3) is 0 Å². The van der Waals surface area contributed by atoms with Crippen molar-refractivity contribution in [2.75, 3.05) is 19.6 Å². The van der Waals surface area contributed by atoms with Gasteiger partial charge >= 0.3 is 0 Å². The van der Waals surface area contributed by atoms with E-state index in [1.807, 2.05) is 0 Å². The molecule has 1 saturated heterocycles. The van der Waals surface area contributed by atoms with Crippen LogP contribution in [0.2, 0.25) is 5.02 Å². The summed E-state index contributed by atoms with van der Waals surface area (Å²) < 4.78 is 27.5. The van der Waals surface area contributed by atoms with Gasteiger partial charge in [0, 0.05) is 18.1 Å². The molecular weight excluding hydrogens is 331 g/mol. The molecule has 2 rings (SSSR count). The Kier molecular flexibility index (Phi) is 6.50. The van der Waals surface area contributed by atoms with Gasteiger partial charge in [0.15, 0.2) is 0 Å². The Morgan fingerprint density at radius 3 is 2.76 bits per heavy atom. The zero-order chi connectivity index (χ0) is 14.8. The number of rotatable bonds is 4. The molecule has 1 unspecified atom stereocenters. The fourth-order valence-electron chi connectivity index (χ4n) is 2.48. The van der Waals surface area contributed by atoms with E-state index in [4.69, 9.17) is 11.6 Å². The highest BCUT2D eigenvalue weighted by atomic mass is 35.5. The Labute approximate surface area is 138 Å². The predicted octanol–water partition coefficient (Wildman–Crippen LogP) is 2.74. The molecule has 1 heterocycles. The monoisotopic (exact) mass is 352 g/mol. The van der Waals surface area contributed by atoms with Crippen LogP contribution >= 0.6 is 24.0 Å². The highest BCUT2D eigenvalue weighted by molar-refractivity contribution is 7.89. The lowest BCUT2D eigenvalue weighted by atomic mass is 9.83. The Balaban J connectivity index is 0.00000220. The van der Waals surface area contributed by atoms with Crippen LogP contribution in [0.3, 0.4) is 0 Å². The maximum absolute atomic E-state index is 12.4. The van der Waals surface area contributed by atoms with Gasteiger partial charge in [-0.25, -0.2) is 13.1 Å². The molecule has 0 radical (unpaired) electrons. The Bertz CT molecular complexity index is 585. The molecule has 0 aromatic heterocycles. The number of sulfonamides is 1. The van der Waals surface area contributed by atoms with Gasteiger partial charge in [-0.2, -0.15) is 0 Å². The van der Waals surface area contributed by atoms with Crippen LogP contribution in [0.25, 0.3) is 0 Å². The number of halogens is 2. The van der Waals surface area contributed by atoms with Crippen molar-refractivity contribution in [2.24, 2.45) is 5.41 Å². The molecule has 120 valence electrons. The maximum atomic E-state index is 12.4. The predicted molar refractivity (Wildman–Crippen MR) is 88.8 cm³/mol. The summed E-state index contributed by atoms with van der Waals surface area (Å²) in [5, 5.41) is 3.75. The van der Waals surface area contributed by atoms with E-state index in [0.717, 1.165) is 25.9 Å². The molecule has 1 atom stereocenters. The van der Waals surface area contributed by atoms with Crippen LogP contribution in [0, 0.1) is 12.3 Å². The molecular formula is C14H22Cl2N2O2S. The first-order valence-electron chi connectivity index (χ1n) is 6.79. The molecule has 0 spiro atoms. The second-order valence-corrected chi connectivity index (χ2v) is 8.00. The number of hydrogen-bond acceptors (Lipinski definition) is 3. The maximum Gasteiger partial charge on any atom is 0.240 e. The van der Waals surface area contributed by atoms with Crippen LogP contribution in [-0.2, 0) is 10.0 Å². The lowest BCUT2D eigenvalue weighted by Crippen LogP contribution is -2.45. The van der Waals surface area contributed by atoms with Crippen molar-refractivity contribution in [3.63, 3.8) is 0 Å². The molecule has 1 aromatic carbocycles. The fourth-order valence-corrected chi connectivity index (χ4v) is 4.18. The Morgan fingerprint density at radius 2 is 2.14 bits per heavy atom. The van der Waals surface area contributed by atoms with Crippen molar-refractivity contribution in [3.8, 4) is 0 Å². The molecule has 0 bridgehead atoms. The van der Waals surface area contributed by atoms with Crippen molar-refractivity contribution in [1.29, 1.82) is 0 Å². The van der Waals surface area contributed by atoms with E-state index in [1.54, 1.807) is 19.1 Å². The van der Waals surface area contributed by atoms with Crippen LogP contribution in [-0.4, -0.2) is 28.1 Å². The van der Waals surface area contributed by atoms with Gasteiger partial charge in [0.1, 0.15) is 0 Å². The summed E-state index contributed by atoms with van der Waals surface area (Å²) in [4.78, 5) is 0.261. The van der Waals surface area contributed by atoms with Crippen LogP contribution in [0.4, 0.5) is 0 Å². The molecule has 21 heavy (non-hydrogen) atoms. The molecule has 1 aliphatic rings. The summed E-state index contributed by atoms with van der Waals surface area (Å²) in [5.74, 6) is 0. The summed E-state index contributed by atoms with van der Waals surface area (Å²) in [6.07, 6.45) is 2.10. The van der Waals surface area contributed by atoms with Crippen LogP contribution in [0.15, 0.2) is 23.1 Å². The molecule has 1 aromatic rings. The Hall–Kier alpha value is -0.330. The fraction of sp³-hybridized carbons (Fsp3) is 0.571. The topological polar surface area (TPSA) is 58.2 Å². The van der Waals surface area contributed by atoms with Crippen molar-refractivity contribution in [3.05, 3.63) is 28.8 Å². The normalized spacial score (nSPS) is 22.6. The van der Waals surface area contributed by atoms with E-state index in [0.29, 0.717) is 17.1 Å². The number of piperidine rings is 1. The van der Waals surface area contributed by atoms with Gasteiger partial charge in [0.2, 0.25) is 10.0 Å². The van der Waals surface area contributed by atoms with E-state index in [2.05, 4.69) is 17.0 Å². The van der Waals surface area contributed by atoms with Gasteiger partial charge in [-0.05, 0) is 49.4 Å². The van der Waals surface area contributed by atoms with Gasteiger partial charge < -0.3 is 5.32 Å². The van der Waals surface area contributed by atoms with Gasteiger partial charge in [-0.15, -0.1) is 12.4 Å². The van der Waals surface area contributed by atoms with Gasteiger partial charge in [0.05, 0.1) is 4.90 Å². The third-order valence-electron chi connectivity index (χ3n) is 3.81. The van der Waals surface area contributed by atoms with E-state index < -0.39 is 10.0 Å². The number of benzene rings is 1. The van der Waals surface area contributed by atoms with Crippen molar-refractivity contribution in [1.82, 2.24) is 10.0 Å². The third kappa shape index (κ3) is 4.83. The second-order valence-electron chi connectivity index (χ2n) is 5.83. The minimum absolute atomic E-state index is 0. The second kappa shape index (κ2) is 7.29. The molecule has 0 aliphatic carbocycles. The molecule has 0 saturated carbocycles. The first-order chi connectivity index (χ1) is 9.32. The lowest BCUT2D eigenvalue weighted by Gasteiger charge is -2.34. The molecule has 7 heteroatoms. The van der Waals surface area contributed by atoms with E-state index >= 15 is 0 Å². The zero-order valence-corrected chi connectivity index (χ0v) is 14.7. The minimum Gasteiger partial charge on any atom is -0.316 e. The first kappa shape index (κ1) is 18.7. The highest BCUT2D eigenvalue weighted by Gasteiger charge is 2.29. The SMILES string of the molecule is Cc1ccc(Cl)cc1S(=O)(=O)NCC1(C)CCCNC1.Cl. The van der Waals surface area contributed by atoms with E-state index in [-0.39, 0.29) is 22.7 Å². The summed E-state index contributed by atoms with van der Waals surface area (Å²) in [7, 11) is -3.51. The third-order valence-corrected chi connectivity index (χ3v) is 5.59. The average Bonchev–Trinajstić information content (AvgIpc) is 2.40. The molecule has 2 N–H and O–H groups in total. The molecule has 1 aliphatic heterocycles. The quantitative estimate of drug-likeness (QED) is 0.875. The lowest BCUT2D eigenvalue weighted by molar-refractivity contribution is 0.238. The van der Waals surface area contributed by atoms with Crippen molar-refractivity contribution in [2.45, 2.75) is 31.6 Å². The number of aryl methyl sites for hydroxylation is 1. The molecule has 1 fully saturated rings. The van der Waals surface area contributed by atoms with Crippen LogP contribution in [0.5, 0.6) is 0 Å². The Morgan fingerprint density at radius 1 is 1.43 bits per heavy atom. The standard InChI is InChI=1S/C14H21ClN2O2S.ClH/c1-11-4-5-12(15)8-13(11)20(18,19)17-10-14(2)6-3-7-16-9-14;/h4-5,8,16-17H,3,6-7,9-10H2,1-2H3;1H. The number of nitrogens with one attached hydrogen (secondary N) is 2. The molecule has 4 nitrogen and oxygen atoms in total. The molecule has 0 amide bonds. The average molecular weight is 353 g/mol. The van der Waals surface area contributed by atoms with Gasteiger partial charge in [-0.1, -0.05) is 24.6 Å². The zero-order valence-electron chi connectivity index (χ0n) is 12.3. The summed E-state index contributed by atoms with van der Waals surface area (Å²) in [6, 6.07) is 4.92. The van der Waals surface area contributed by atoms with Crippen LogP contribution in [0.1, 0.15) is 25.3 Å². The number of hydrogen-bond donors (Lipinski definition) is 2. The largest absolute Gasteiger partial charge is 0.316 e. The van der Waals surface area contributed by atoms with Crippen molar-refractivity contribution < 1.29 is 8.42 Å². The highest BCUT2D eigenvalue weighted by Crippen LogP contribution is 2.26. The summed E-state index contributed by atoms with van der Waals surface area (Å²) in [6.45, 7) is 6.16. The van der Waals surface area contributed by atoms with Crippen LogP contribution < -0.4 is 10.0 Å².